The fourth-order valence-electron chi connectivity index (χ4n) is 2.51. The van der Waals surface area contributed by atoms with E-state index in [-0.39, 0.29) is 5.37 Å². The highest BCUT2D eigenvalue weighted by molar-refractivity contribution is 7.81. The monoisotopic (exact) mass is 227 g/mol. The fourth-order valence-corrected chi connectivity index (χ4v) is 2.83. The van der Waals surface area contributed by atoms with Crippen LogP contribution >= 0.6 is 12.6 Å². The molecule has 0 radical (unpaired) electrons. The predicted octanol–water partition coefficient (Wildman–Crippen LogP) is 2.39. The standard InChI is InChI=1S/C12H21NOS/c14-11(10-6-1-2-7-10)12(15)13-8-9-4-3-5-9/h9-10,12-13,15H,1-8H2. The van der Waals surface area contributed by atoms with Crippen LogP contribution in [0.2, 0.25) is 0 Å². The molecule has 2 aliphatic carbocycles. The molecule has 2 rings (SSSR count). The van der Waals surface area contributed by atoms with Crippen molar-refractivity contribution < 1.29 is 4.79 Å². The van der Waals surface area contributed by atoms with E-state index in [1.54, 1.807) is 0 Å². The molecular formula is C12H21NOS. The van der Waals surface area contributed by atoms with E-state index in [1.807, 2.05) is 0 Å². The summed E-state index contributed by atoms with van der Waals surface area (Å²) in [6.45, 7) is 0.979. The van der Waals surface area contributed by atoms with E-state index in [0.717, 1.165) is 25.3 Å². The number of hydrogen-bond donors (Lipinski definition) is 2. The average Bonchev–Trinajstić information content (AvgIpc) is 2.66. The van der Waals surface area contributed by atoms with Crippen LogP contribution < -0.4 is 5.32 Å². The molecule has 0 aliphatic heterocycles. The van der Waals surface area contributed by atoms with Crippen LogP contribution in [-0.2, 0) is 4.79 Å². The van der Waals surface area contributed by atoms with Crippen LogP contribution in [0, 0.1) is 11.8 Å². The molecule has 1 atom stereocenters. The number of Topliss-reactive ketones (excluding diaryl/α,β-unsaturated/α-hetero) is 1. The van der Waals surface area contributed by atoms with Crippen molar-refractivity contribution in [1.29, 1.82) is 0 Å². The number of thiol groups is 1. The summed E-state index contributed by atoms with van der Waals surface area (Å²) in [5.41, 5.74) is 0. The molecule has 3 heteroatoms. The summed E-state index contributed by atoms with van der Waals surface area (Å²) in [7, 11) is 0. The van der Waals surface area contributed by atoms with Crippen molar-refractivity contribution in [3.05, 3.63) is 0 Å². The summed E-state index contributed by atoms with van der Waals surface area (Å²) < 4.78 is 0. The van der Waals surface area contributed by atoms with Gasteiger partial charge in [-0.3, -0.25) is 10.1 Å². The second-order valence-electron chi connectivity index (χ2n) is 4.99. The van der Waals surface area contributed by atoms with E-state index in [1.165, 1.54) is 32.1 Å². The Labute approximate surface area is 97.6 Å². The molecule has 0 saturated heterocycles. The number of carbonyl (C=O) groups is 1. The first-order chi connectivity index (χ1) is 7.27. The van der Waals surface area contributed by atoms with E-state index in [4.69, 9.17) is 0 Å². The maximum Gasteiger partial charge on any atom is 0.162 e. The third-order valence-electron chi connectivity index (χ3n) is 3.85. The van der Waals surface area contributed by atoms with E-state index in [0.29, 0.717) is 11.7 Å². The summed E-state index contributed by atoms with van der Waals surface area (Å²) in [6.07, 6.45) is 8.62. The first-order valence-corrected chi connectivity index (χ1v) is 6.74. The minimum Gasteiger partial charge on any atom is -0.299 e. The van der Waals surface area contributed by atoms with Gasteiger partial charge in [0.2, 0.25) is 0 Å². The van der Waals surface area contributed by atoms with Crippen LogP contribution in [0.25, 0.3) is 0 Å². The summed E-state index contributed by atoms with van der Waals surface area (Å²) in [4.78, 5) is 11.9. The Balaban J connectivity index is 1.68. The third-order valence-corrected chi connectivity index (χ3v) is 4.29. The van der Waals surface area contributed by atoms with Gasteiger partial charge in [-0.15, -0.1) is 0 Å². The van der Waals surface area contributed by atoms with Gasteiger partial charge in [0.1, 0.15) is 5.37 Å². The summed E-state index contributed by atoms with van der Waals surface area (Å²) in [6, 6.07) is 0. The van der Waals surface area contributed by atoms with Gasteiger partial charge in [-0.25, -0.2) is 0 Å². The van der Waals surface area contributed by atoms with E-state index >= 15 is 0 Å². The molecule has 0 aromatic rings. The largest absolute Gasteiger partial charge is 0.299 e. The SMILES string of the molecule is O=C(C1CCCC1)C(S)NCC1CCC1. The van der Waals surface area contributed by atoms with Crippen LogP contribution in [0.3, 0.4) is 0 Å². The van der Waals surface area contributed by atoms with Crippen LogP contribution in [-0.4, -0.2) is 17.7 Å². The normalized spacial score (nSPS) is 25.1. The molecule has 1 unspecified atom stereocenters. The highest BCUT2D eigenvalue weighted by atomic mass is 32.1. The highest BCUT2D eigenvalue weighted by Gasteiger charge is 2.28. The summed E-state index contributed by atoms with van der Waals surface area (Å²) in [5, 5.41) is 3.06. The van der Waals surface area contributed by atoms with Gasteiger partial charge in [-0.05, 0) is 38.1 Å². The van der Waals surface area contributed by atoms with Crippen molar-refractivity contribution in [1.82, 2.24) is 5.32 Å². The number of rotatable bonds is 5. The topological polar surface area (TPSA) is 29.1 Å². The van der Waals surface area contributed by atoms with Gasteiger partial charge >= 0.3 is 0 Å². The Morgan fingerprint density at radius 2 is 1.87 bits per heavy atom. The Bertz CT molecular complexity index is 222. The van der Waals surface area contributed by atoms with Gasteiger partial charge in [-0.1, -0.05) is 19.3 Å². The number of ketones is 1. The minimum atomic E-state index is -0.214. The van der Waals surface area contributed by atoms with E-state index in [9.17, 15) is 4.79 Å². The number of carbonyl (C=O) groups excluding carboxylic acids is 1. The number of hydrogen-bond acceptors (Lipinski definition) is 3. The van der Waals surface area contributed by atoms with Gasteiger partial charge in [0.05, 0.1) is 0 Å². The highest BCUT2D eigenvalue weighted by Crippen LogP contribution is 2.28. The Hall–Kier alpha value is -0.0200. The molecular weight excluding hydrogens is 206 g/mol. The van der Waals surface area contributed by atoms with E-state index in [2.05, 4.69) is 17.9 Å². The summed E-state index contributed by atoms with van der Waals surface area (Å²) in [5.74, 6) is 1.42. The van der Waals surface area contributed by atoms with Gasteiger partial charge in [0.25, 0.3) is 0 Å². The average molecular weight is 227 g/mol. The zero-order valence-electron chi connectivity index (χ0n) is 9.24. The fraction of sp³-hybridized carbons (Fsp3) is 0.917. The van der Waals surface area contributed by atoms with E-state index < -0.39 is 0 Å². The molecule has 0 aromatic heterocycles. The zero-order chi connectivity index (χ0) is 10.7. The van der Waals surface area contributed by atoms with Crippen molar-refractivity contribution >= 4 is 18.4 Å². The number of nitrogens with one attached hydrogen (secondary N) is 1. The molecule has 0 aromatic carbocycles. The lowest BCUT2D eigenvalue weighted by atomic mass is 9.85. The smallest absolute Gasteiger partial charge is 0.162 e. The molecule has 86 valence electrons. The Morgan fingerprint density at radius 3 is 2.40 bits per heavy atom. The second kappa shape index (κ2) is 5.35. The molecule has 2 saturated carbocycles. The zero-order valence-corrected chi connectivity index (χ0v) is 10.1. The Morgan fingerprint density at radius 1 is 1.20 bits per heavy atom. The lowest BCUT2D eigenvalue weighted by Gasteiger charge is -2.27. The van der Waals surface area contributed by atoms with Crippen molar-refractivity contribution in [2.45, 2.75) is 50.3 Å². The first-order valence-electron chi connectivity index (χ1n) is 6.22. The first kappa shape index (κ1) is 11.5. The van der Waals surface area contributed by atoms with Crippen LogP contribution in [0.4, 0.5) is 0 Å². The molecule has 0 heterocycles. The van der Waals surface area contributed by atoms with Crippen LogP contribution in [0.1, 0.15) is 44.9 Å². The van der Waals surface area contributed by atoms with Crippen molar-refractivity contribution in [2.24, 2.45) is 11.8 Å². The van der Waals surface area contributed by atoms with Crippen molar-refractivity contribution in [2.75, 3.05) is 6.54 Å². The minimum absolute atomic E-state index is 0.214. The van der Waals surface area contributed by atoms with Gasteiger partial charge in [-0.2, -0.15) is 12.6 Å². The lowest BCUT2D eigenvalue weighted by molar-refractivity contribution is -0.122. The quantitative estimate of drug-likeness (QED) is 0.558. The molecule has 0 bridgehead atoms. The van der Waals surface area contributed by atoms with Crippen molar-refractivity contribution in [3.63, 3.8) is 0 Å². The summed E-state index contributed by atoms with van der Waals surface area (Å²) >= 11 is 4.38. The molecule has 15 heavy (non-hydrogen) atoms. The Kier molecular flexibility index (Phi) is 4.09. The van der Waals surface area contributed by atoms with Gasteiger partial charge < -0.3 is 0 Å². The molecule has 1 N–H and O–H groups in total. The molecule has 0 amide bonds. The van der Waals surface area contributed by atoms with Crippen LogP contribution in [0.5, 0.6) is 0 Å². The molecule has 0 spiro atoms. The molecule has 2 fully saturated rings. The molecule has 2 nitrogen and oxygen atoms in total. The predicted molar refractivity (Wildman–Crippen MR) is 65.1 cm³/mol. The maximum absolute atomic E-state index is 11.9. The molecule has 2 aliphatic rings. The second-order valence-corrected chi connectivity index (χ2v) is 5.51. The van der Waals surface area contributed by atoms with Crippen LogP contribution in [0.15, 0.2) is 0 Å². The lowest BCUT2D eigenvalue weighted by Crippen LogP contribution is -2.39. The van der Waals surface area contributed by atoms with Crippen molar-refractivity contribution in [3.8, 4) is 0 Å². The third kappa shape index (κ3) is 2.97. The van der Waals surface area contributed by atoms with Gasteiger partial charge in [0.15, 0.2) is 5.78 Å². The van der Waals surface area contributed by atoms with Gasteiger partial charge in [0, 0.05) is 5.92 Å². The maximum atomic E-state index is 11.9.